The van der Waals surface area contributed by atoms with Crippen LogP contribution in [0.5, 0.6) is 11.5 Å². The van der Waals surface area contributed by atoms with Crippen LogP contribution in [0.1, 0.15) is 21.5 Å². The van der Waals surface area contributed by atoms with E-state index in [4.69, 9.17) is 14.2 Å². The minimum atomic E-state index is -4.39. The fourth-order valence-electron chi connectivity index (χ4n) is 2.23. The summed E-state index contributed by atoms with van der Waals surface area (Å²) in [7, 11) is 3.02. The third kappa shape index (κ3) is 5.86. The number of alkyl halides is 3. The molecule has 0 aliphatic carbocycles. The summed E-state index contributed by atoms with van der Waals surface area (Å²) in [4.78, 5) is 12.3. The van der Waals surface area contributed by atoms with Crippen molar-refractivity contribution in [3.8, 4) is 11.5 Å². The van der Waals surface area contributed by atoms with Crippen molar-refractivity contribution >= 4 is 11.9 Å². The van der Waals surface area contributed by atoms with Gasteiger partial charge in [-0.3, -0.25) is 4.79 Å². The Balaban J connectivity index is 2.09. The van der Waals surface area contributed by atoms with Crippen LogP contribution >= 0.6 is 0 Å². The quantitative estimate of drug-likeness (QED) is 0.380. The van der Waals surface area contributed by atoms with E-state index in [0.29, 0.717) is 35.8 Å². The van der Waals surface area contributed by atoms with E-state index in [1.54, 1.807) is 25.3 Å². The van der Waals surface area contributed by atoms with Crippen LogP contribution in [-0.4, -0.2) is 33.2 Å². The van der Waals surface area contributed by atoms with Gasteiger partial charge in [0.2, 0.25) is 0 Å². The zero-order chi connectivity index (χ0) is 19.9. The van der Waals surface area contributed by atoms with Crippen molar-refractivity contribution in [2.75, 3.05) is 27.4 Å². The fourth-order valence-corrected chi connectivity index (χ4v) is 2.23. The Bertz CT molecular complexity index is 796. The molecule has 0 aliphatic heterocycles. The van der Waals surface area contributed by atoms with E-state index in [1.807, 2.05) is 0 Å². The molecule has 0 saturated heterocycles. The number of hydrogen-bond donors (Lipinski definition) is 0. The average Bonchev–Trinajstić information content (AvgIpc) is 2.66. The molecule has 0 fully saturated rings. The fraction of sp³-hybridized carbons (Fsp3) is 0.250. The topological polar surface area (TPSA) is 44.8 Å². The Morgan fingerprint density at radius 1 is 1.00 bits per heavy atom. The zero-order valence-corrected chi connectivity index (χ0v) is 14.9. The van der Waals surface area contributed by atoms with Crippen molar-refractivity contribution in [1.29, 1.82) is 0 Å². The lowest BCUT2D eigenvalue weighted by Crippen LogP contribution is -2.06. The van der Waals surface area contributed by atoms with Crippen molar-refractivity contribution in [3.05, 3.63) is 65.2 Å². The van der Waals surface area contributed by atoms with E-state index in [9.17, 15) is 18.0 Å². The third-order valence-electron chi connectivity index (χ3n) is 3.66. The Labute approximate surface area is 155 Å². The minimum absolute atomic E-state index is 0.309. The second kappa shape index (κ2) is 9.23. The summed E-state index contributed by atoms with van der Waals surface area (Å²) >= 11 is 0. The van der Waals surface area contributed by atoms with Crippen LogP contribution in [0.15, 0.2) is 48.5 Å². The summed E-state index contributed by atoms with van der Waals surface area (Å²) in [6, 6.07) is 9.30. The Morgan fingerprint density at radius 3 is 2.30 bits per heavy atom. The number of rotatable bonds is 8. The predicted molar refractivity (Wildman–Crippen MR) is 95.2 cm³/mol. The molecule has 0 aliphatic rings. The van der Waals surface area contributed by atoms with Gasteiger partial charge in [-0.05, 0) is 42.0 Å². The molecule has 0 radical (unpaired) electrons. The van der Waals surface area contributed by atoms with Crippen LogP contribution in [0, 0.1) is 0 Å². The van der Waals surface area contributed by atoms with Crippen LogP contribution < -0.4 is 9.47 Å². The predicted octanol–water partition coefficient (Wildman–Crippen LogP) is 4.64. The molecular formula is C20H19F3O4. The Hall–Kier alpha value is -2.80. The molecule has 0 aromatic heterocycles. The highest BCUT2D eigenvalue weighted by molar-refractivity contribution is 6.07. The lowest BCUT2D eigenvalue weighted by Gasteiger charge is -2.11. The van der Waals surface area contributed by atoms with Crippen molar-refractivity contribution in [2.45, 2.75) is 6.18 Å². The number of ketones is 1. The molecule has 4 nitrogen and oxygen atoms in total. The highest BCUT2D eigenvalue weighted by Gasteiger charge is 2.29. The van der Waals surface area contributed by atoms with E-state index in [-0.39, 0.29) is 5.78 Å². The summed E-state index contributed by atoms with van der Waals surface area (Å²) in [6.07, 6.45) is -1.64. The van der Waals surface area contributed by atoms with Gasteiger partial charge in [0.1, 0.15) is 6.61 Å². The highest BCUT2D eigenvalue weighted by Crippen LogP contribution is 2.30. The van der Waals surface area contributed by atoms with Gasteiger partial charge in [0, 0.05) is 12.7 Å². The summed E-state index contributed by atoms with van der Waals surface area (Å²) in [5.74, 6) is 0.578. The van der Waals surface area contributed by atoms with Gasteiger partial charge in [0.15, 0.2) is 17.3 Å². The van der Waals surface area contributed by atoms with Gasteiger partial charge >= 0.3 is 6.18 Å². The smallest absolute Gasteiger partial charge is 0.416 e. The first-order valence-electron chi connectivity index (χ1n) is 8.04. The molecule has 27 heavy (non-hydrogen) atoms. The van der Waals surface area contributed by atoms with Crippen molar-refractivity contribution in [3.63, 3.8) is 0 Å². The van der Waals surface area contributed by atoms with E-state index in [2.05, 4.69) is 0 Å². The second-order valence-corrected chi connectivity index (χ2v) is 5.52. The maximum atomic E-state index is 12.6. The molecule has 2 rings (SSSR count). The second-order valence-electron chi connectivity index (χ2n) is 5.52. The standard InChI is InChI=1S/C20H19F3O4/c1-25-11-12-27-18-10-6-15(13-19(18)26-2)17(24)9-5-14-3-7-16(8-4-14)20(21,22)23/h3-10,13H,11-12H2,1-2H3/b9-5+. The molecule has 0 amide bonds. The molecule has 2 aromatic carbocycles. The van der Waals surface area contributed by atoms with E-state index >= 15 is 0 Å². The summed E-state index contributed by atoms with van der Waals surface area (Å²) < 4.78 is 53.3. The van der Waals surface area contributed by atoms with Gasteiger partial charge in [-0.2, -0.15) is 13.2 Å². The van der Waals surface area contributed by atoms with Crippen LogP contribution in [0.25, 0.3) is 6.08 Å². The van der Waals surface area contributed by atoms with Gasteiger partial charge < -0.3 is 14.2 Å². The van der Waals surface area contributed by atoms with E-state index in [0.717, 1.165) is 12.1 Å². The maximum Gasteiger partial charge on any atom is 0.416 e. The number of carbonyl (C=O) groups excluding carboxylic acids is 1. The maximum absolute atomic E-state index is 12.6. The lowest BCUT2D eigenvalue weighted by molar-refractivity contribution is -0.137. The molecule has 0 unspecified atom stereocenters. The van der Waals surface area contributed by atoms with Gasteiger partial charge in [-0.1, -0.05) is 18.2 Å². The molecule has 0 atom stereocenters. The van der Waals surface area contributed by atoms with Gasteiger partial charge in [-0.15, -0.1) is 0 Å². The third-order valence-corrected chi connectivity index (χ3v) is 3.66. The Morgan fingerprint density at radius 2 is 1.70 bits per heavy atom. The molecule has 0 heterocycles. The van der Waals surface area contributed by atoms with Crippen molar-refractivity contribution in [2.24, 2.45) is 0 Å². The summed E-state index contributed by atoms with van der Waals surface area (Å²) in [5, 5.41) is 0. The lowest BCUT2D eigenvalue weighted by atomic mass is 10.1. The molecule has 0 saturated carbocycles. The molecule has 7 heteroatoms. The SMILES string of the molecule is COCCOc1ccc(C(=O)/C=C/c2ccc(C(F)(F)F)cc2)cc1OC. The van der Waals surface area contributed by atoms with Crippen LogP contribution in [0.4, 0.5) is 13.2 Å². The molecule has 0 bridgehead atoms. The monoisotopic (exact) mass is 380 g/mol. The number of methoxy groups -OCH3 is 2. The highest BCUT2D eigenvalue weighted by atomic mass is 19.4. The first-order chi connectivity index (χ1) is 12.8. The first kappa shape index (κ1) is 20.5. The number of ether oxygens (including phenoxy) is 3. The average molecular weight is 380 g/mol. The number of benzene rings is 2. The van der Waals surface area contributed by atoms with E-state index in [1.165, 1.54) is 31.4 Å². The summed E-state index contributed by atoms with van der Waals surface area (Å²) in [5.41, 5.74) is 0.122. The van der Waals surface area contributed by atoms with Crippen LogP contribution in [-0.2, 0) is 10.9 Å². The molecule has 0 spiro atoms. The van der Waals surface area contributed by atoms with Gasteiger partial charge in [-0.25, -0.2) is 0 Å². The number of carbonyl (C=O) groups is 1. The molecule has 144 valence electrons. The van der Waals surface area contributed by atoms with Crippen LogP contribution in [0.3, 0.4) is 0 Å². The summed E-state index contributed by atoms with van der Waals surface area (Å²) in [6.45, 7) is 0.758. The van der Waals surface area contributed by atoms with Crippen molar-refractivity contribution < 1.29 is 32.2 Å². The Kier molecular flexibility index (Phi) is 7.01. The van der Waals surface area contributed by atoms with Gasteiger partial charge in [0.05, 0.1) is 19.3 Å². The molecular weight excluding hydrogens is 361 g/mol. The normalized spacial score (nSPS) is 11.6. The number of allylic oxidation sites excluding steroid dienone is 1. The number of halogens is 3. The molecule has 0 N–H and O–H groups in total. The molecule has 2 aromatic rings. The zero-order valence-electron chi connectivity index (χ0n) is 14.9. The van der Waals surface area contributed by atoms with Gasteiger partial charge in [0.25, 0.3) is 0 Å². The minimum Gasteiger partial charge on any atom is -0.493 e. The van der Waals surface area contributed by atoms with E-state index < -0.39 is 11.7 Å². The largest absolute Gasteiger partial charge is 0.493 e. The van der Waals surface area contributed by atoms with Crippen molar-refractivity contribution in [1.82, 2.24) is 0 Å². The number of hydrogen-bond acceptors (Lipinski definition) is 4. The first-order valence-corrected chi connectivity index (χ1v) is 8.04. The van der Waals surface area contributed by atoms with Crippen LogP contribution in [0.2, 0.25) is 0 Å².